The number of nitrogens with one attached hydrogen (secondary N) is 1. The first-order valence-corrected chi connectivity index (χ1v) is 7.10. The summed E-state index contributed by atoms with van der Waals surface area (Å²) in [6.45, 7) is 2.80. The summed E-state index contributed by atoms with van der Waals surface area (Å²) < 4.78 is 0. The van der Waals surface area contributed by atoms with E-state index in [2.05, 4.69) is 34.3 Å². The second-order valence-electron chi connectivity index (χ2n) is 5.17. The van der Waals surface area contributed by atoms with Crippen LogP contribution >= 0.6 is 0 Å². The number of hydrogen-bond donors (Lipinski definition) is 2. The van der Waals surface area contributed by atoms with Crippen LogP contribution in [0.25, 0.3) is 10.9 Å². The zero-order valence-corrected chi connectivity index (χ0v) is 11.9. The number of aromatic nitrogens is 2. The van der Waals surface area contributed by atoms with E-state index >= 15 is 0 Å². The van der Waals surface area contributed by atoms with Crippen LogP contribution in [-0.2, 0) is 6.54 Å². The standard InChI is InChI=1S/C17H17N3O/c1-12(13-7-3-2-4-8-13)18-11-16-19-15-10-6-5-9-14(15)17(21)20-16/h2-10,12,18H,11H2,1H3,(H,19,20,21)/p+1/t12-/m1/s1. The summed E-state index contributed by atoms with van der Waals surface area (Å²) >= 11 is 0. The first-order valence-electron chi connectivity index (χ1n) is 7.10. The molecule has 4 heteroatoms. The molecule has 1 atom stereocenters. The molecule has 0 spiro atoms. The molecule has 2 aromatic carbocycles. The molecule has 4 nitrogen and oxygen atoms in total. The third kappa shape index (κ3) is 3.01. The van der Waals surface area contributed by atoms with Crippen LogP contribution in [0.4, 0.5) is 0 Å². The van der Waals surface area contributed by atoms with E-state index in [1.165, 1.54) is 5.56 Å². The van der Waals surface area contributed by atoms with Gasteiger partial charge in [-0.2, -0.15) is 0 Å². The van der Waals surface area contributed by atoms with Gasteiger partial charge in [-0.25, -0.2) is 4.98 Å². The highest BCUT2D eigenvalue weighted by Crippen LogP contribution is 2.07. The fraction of sp³-hybridized carbons (Fsp3) is 0.176. The summed E-state index contributed by atoms with van der Waals surface area (Å²) in [7, 11) is 0. The van der Waals surface area contributed by atoms with Crippen molar-refractivity contribution in [3.8, 4) is 0 Å². The lowest BCUT2D eigenvalue weighted by molar-refractivity contribution is -0.708. The molecule has 0 aliphatic rings. The van der Waals surface area contributed by atoms with Crippen LogP contribution in [0.2, 0.25) is 0 Å². The molecule has 1 aromatic heterocycles. The summed E-state index contributed by atoms with van der Waals surface area (Å²) in [5.74, 6) is 0.710. The van der Waals surface area contributed by atoms with E-state index < -0.39 is 0 Å². The van der Waals surface area contributed by atoms with Crippen LogP contribution in [0.3, 0.4) is 0 Å². The van der Waals surface area contributed by atoms with Gasteiger partial charge in [0.25, 0.3) is 5.56 Å². The van der Waals surface area contributed by atoms with E-state index in [4.69, 9.17) is 0 Å². The molecule has 3 aromatic rings. The van der Waals surface area contributed by atoms with Gasteiger partial charge in [0.1, 0.15) is 12.6 Å². The zero-order valence-electron chi connectivity index (χ0n) is 11.9. The molecule has 0 aliphatic heterocycles. The van der Waals surface area contributed by atoms with Crippen molar-refractivity contribution < 1.29 is 5.32 Å². The molecule has 1 heterocycles. The Morgan fingerprint density at radius 3 is 2.62 bits per heavy atom. The van der Waals surface area contributed by atoms with E-state index in [-0.39, 0.29) is 5.56 Å². The average molecular weight is 280 g/mol. The van der Waals surface area contributed by atoms with Crippen molar-refractivity contribution in [3.05, 3.63) is 76.3 Å². The van der Waals surface area contributed by atoms with Crippen molar-refractivity contribution in [1.29, 1.82) is 0 Å². The van der Waals surface area contributed by atoms with Crippen molar-refractivity contribution in [2.75, 3.05) is 0 Å². The number of rotatable bonds is 4. The van der Waals surface area contributed by atoms with Gasteiger partial charge < -0.3 is 10.3 Å². The topological polar surface area (TPSA) is 62.4 Å². The summed E-state index contributed by atoms with van der Waals surface area (Å²) in [6, 6.07) is 18.0. The SMILES string of the molecule is C[C@@H]([NH2+]Cc1nc2ccccc2c(=O)[nH]1)c1ccccc1. The molecule has 0 aliphatic carbocycles. The number of aromatic amines is 1. The van der Waals surface area contributed by atoms with Crippen molar-refractivity contribution in [1.82, 2.24) is 9.97 Å². The molecule has 0 unspecified atom stereocenters. The molecular weight excluding hydrogens is 262 g/mol. The molecule has 106 valence electrons. The van der Waals surface area contributed by atoms with Gasteiger partial charge in [0.2, 0.25) is 0 Å². The summed E-state index contributed by atoms with van der Waals surface area (Å²) in [5, 5.41) is 2.81. The molecule has 0 saturated carbocycles. The molecule has 21 heavy (non-hydrogen) atoms. The minimum atomic E-state index is -0.0728. The van der Waals surface area contributed by atoms with E-state index in [0.29, 0.717) is 23.8 Å². The monoisotopic (exact) mass is 280 g/mol. The van der Waals surface area contributed by atoms with Crippen LogP contribution in [-0.4, -0.2) is 9.97 Å². The van der Waals surface area contributed by atoms with E-state index in [1.807, 2.05) is 36.4 Å². The third-order valence-corrected chi connectivity index (χ3v) is 3.65. The van der Waals surface area contributed by atoms with E-state index in [1.54, 1.807) is 6.07 Å². The highest BCUT2D eigenvalue weighted by atomic mass is 16.1. The van der Waals surface area contributed by atoms with Gasteiger partial charge in [-0.3, -0.25) is 4.79 Å². The number of benzene rings is 2. The molecule has 0 radical (unpaired) electrons. The molecule has 0 fully saturated rings. The Bertz CT molecular complexity index is 796. The van der Waals surface area contributed by atoms with Gasteiger partial charge in [-0.1, -0.05) is 42.5 Å². The number of fused-ring (bicyclic) bond motifs is 1. The third-order valence-electron chi connectivity index (χ3n) is 3.65. The minimum absolute atomic E-state index is 0.0728. The average Bonchev–Trinajstić information content (AvgIpc) is 2.53. The Balaban J connectivity index is 1.78. The molecular formula is C17H18N3O+. The number of nitrogens with two attached hydrogens (primary N) is 1. The predicted molar refractivity (Wildman–Crippen MR) is 82.9 cm³/mol. The normalized spacial score (nSPS) is 12.4. The smallest absolute Gasteiger partial charge is 0.258 e. The van der Waals surface area contributed by atoms with Crippen LogP contribution < -0.4 is 10.9 Å². The lowest BCUT2D eigenvalue weighted by Gasteiger charge is -2.10. The lowest BCUT2D eigenvalue weighted by Crippen LogP contribution is -2.83. The number of nitrogens with zero attached hydrogens (tertiary/aromatic N) is 1. The molecule has 3 N–H and O–H groups in total. The van der Waals surface area contributed by atoms with E-state index in [0.717, 1.165) is 5.52 Å². The fourth-order valence-electron chi connectivity index (χ4n) is 2.41. The van der Waals surface area contributed by atoms with Crippen molar-refractivity contribution >= 4 is 10.9 Å². The Morgan fingerprint density at radius 2 is 1.81 bits per heavy atom. The van der Waals surface area contributed by atoms with Gasteiger partial charge >= 0.3 is 0 Å². The summed E-state index contributed by atoms with van der Waals surface area (Å²) in [6.07, 6.45) is 0. The molecule has 3 rings (SSSR count). The maximum Gasteiger partial charge on any atom is 0.258 e. The van der Waals surface area contributed by atoms with Gasteiger partial charge in [-0.15, -0.1) is 0 Å². The van der Waals surface area contributed by atoms with Crippen LogP contribution in [0.15, 0.2) is 59.4 Å². The number of quaternary nitrogens is 1. The predicted octanol–water partition coefficient (Wildman–Crippen LogP) is 1.75. The molecule has 0 amide bonds. The Morgan fingerprint density at radius 1 is 1.10 bits per heavy atom. The molecule has 0 bridgehead atoms. The Kier molecular flexibility index (Phi) is 3.79. The maximum atomic E-state index is 12.0. The quantitative estimate of drug-likeness (QED) is 0.765. The van der Waals surface area contributed by atoms with E-state index in [9.17, 15) is 4.79 Å². The maximum absolute atomic E-state index is 12.0. The first kappa shape index (κ1) is 13.5. The largest absolute Gasteiger partial charge is 0.334 e. The van der Waals surface area contributed by atoms with Crippen molar-refractivity contribution in [2.45, 2.75) is 19.5 Å². The second-order valence-corrected chi connectivity index (χ2v) is 5.17. The Labute approximate surface area is 122 Å². The minimum Gasteiger partial charge on any atom is -0.334 e. The zero-order chi connectivity index (χ0) is 14.7. The first-order chi connectivity index (χ1) is 10.2. The molecule has 0 saturated heterocycles. The highest BCUT2D eigenvalue weighted by molar-refractivity contribution is 5.77. The number of H-pyrrole nitrogens is 1. The summed E-state index contributed by atoms with van der Waals surface area (Å²) in [5.41, 5.74) is 1.94. The van der Waals surface area contributed by atoms with Crippen LogP contribution in [0.1, 0.15) is 24.4 Å². The van der Waals surface area contributed by atoms with Gasteiger partial charge in [-0.05, 0) is 19.1 Å². The van der Waals surface area contributed by atoms with Gasteiger partial charge in [0.05, 0.1) is 10.9 Å². The fourth-order valence-corrected chi connectivity index (χ4v) is 2.41. The van der Waals surface area contributed by atoms with Crippen LogP contribution in [0, 0.1) is 0 Å². The Hall–Kier alpha value is -2.46. The highest BCUT2D eigenvalue weighted by Gasteiger charge is 2.10. The van der Waals surface area contributed by atoms with Gasteiger partial charge in [0, 0.05) is 5.56 Å². The van der Waals surface area contributed by atoms with Crippen molar-refractivity contribution in [3.63, 3.8) is 0 Å². The number of hydrogen-bond acceptors (Lipinski definition) is 2. The number of para-hydroxylation sites is 1. The van der Waals surface area contributed by atoms with Crippen molar-refractivity contribution in [2.24, 2.45) is 0 Å². The second kappa shape index (κ2) is 5.89. The van der Waals surface area contributed by atoms with Crippen LogP contribution in [0.5, 0.6) is 0 Å². The lowest BCUT2D eigenvalue weighted by atomic mass is 10.1. The summed E-state index contributed by atoms with van der Waals surface area (Å²) in [4.78, 5) is 19.4. The van der Waals surface area contributed by atoms with Gasteiger partial charge in [0.15, 0.2) is 5.82 Å².